The zero-order valence-corrected chi connectivity index (χ0v) is 15.6. The van der Waals surface area contributed by atoms with Crippen molar-refractivity contribution in [1.29, 1.82) is 0 Å². The van der Waals surface area contributed by atoms with Crippen molar-refractivity contribution in [3.63, 3.8) is 0 Å². The Morgan fingerprint density at radius 2 is 1.96 bits per heavy atom. The number of rotatable bonds is 4. The standard InChI is InChI=1S/C21H24N4O/c1-14(2)16-7-6-8-17(11-16)21(4,5)24-20(26)23-18-9-10-19-22-15(3)12-25(19)13-18/h6-13H,1H2,2-5H3,(H2,23,24,26). The van der Waals surface area contributed by atoms with E-state index >= 15 is 0 Å². The molecule has 0 aliphatic rings. The molecule has 0 aliphatic heterocycles. The van der Waals surface area contributed by atoms with Gasteiger partial charge in [-0.15, -0.1) is 0 Å². The van der Waals surface area contributed by atoms with E-state index in [1.165, 1.54) is 0 Å². The molecule has 0 unspecified atom stereocenters. The first kappa shape index (κ1) is 17.7. The van der Waals surface area contributed by atoms with Crippen molar-refractivity contribution in [2.45, 2.75) is 33.2 Å². The fraction of sp³-hybridized carbons (Fsp3) is 0.238. The molecule has 2 aromatic heterocycles. The molecule has 134 valence electrons. The third-order valence-electron chi connectivity index (χ3n) is 4.33. The predicted octanol–water partition coefficient (Wildman–Crippen LogP) is 4.73. The van der Waals surface area contributed by atoms with Crippen LogP contribution in [0.2, 0.25) is 0 Å². The third-order valence-corrected chi connectivity index (χ3v) is 4.33. The number of imidazole rings is 1. The molecule has 26 heavy (non-hydrogen) atoms. The van der Waals surface area contributed by atoms with E-state index in [1.54, 1.807) is 0 Å². The molecule has 1 aromatic carbocycles. The van der Waals surface area contributed by atoms with Gasteiger partial charge in [0.1, 0.15) is 5.65 Å². The van der Waals surface area contributed by atoms with Gasteiger partial charge in [-0.2, -0.15) is 0 Å². The maximum atomic E-state index is 12.5. The highest BCUT2D eigenvalue weighted by Crippen LogP contribution is 2.23. The number of aryl methyl sites for hydroxylation is 1. The summed E-state index contributed by atoms with van der Waals surface area (Å²) < 4.78 is 1.90. The minimum Gasteiger partial charge on any atom is -0.329 e. The summed E-state index contributed by atoms with van der Waals surface area (Å²) in [7, 11) is 0. The van der Waals surface area contributed by atoms with Crippen molar-refractivity contribution < 1.29 is 4.79 Å². The van der Waals surface area contributed by atoms with Gasteiger partial charge in [-0.25, -0.2) is 9.78 Å². The molecule has 0 spiro atoms. The number of urea groups is 1. The lowest BCUT2D eigenvalue weighted by Gasteiger charge is -2.27. The Morgan fingerprint density at radius 3 is 2.69 bits per heavy atom. The molecule has 0 saturated heterocycles. The Labute approximate surface area is 153 Å². The van der Waals surface area contributed by atoms with E-state index in [-0.39, 0.29) is 6.03 Å². The molecule has 2 amide bonds. The number of benzene rings is 1. The topological polar surface area (TPSA) is 58.4 Å². The van der Waals surface area contributed by atoms with Gasteiger partial charge in [0.2, 0.25) is 0 Å². The number of anilines is 1. The molecule has 3 aromatic rings. The SMILES string of the molecule is C=C(C)c1cccc(C(C)(C)NC(=O)Nc2ccc3nc(C)cn3c2)c1. The Bertz CT molecular complexity index is 985. The van der Waals surface area contributed by atoms with Crippen LogP contribution in [0.4, 0.5) is 10.5 Å². The lowest BCUT2D eigenvalue weighted by atomic mass is 9.92. The predicted molar refractivity (Wildman–Crippen MR) is 106 cm³/mol. The van der Waals surface area contributed by atoms with Crippen molar-refractivity contribution in [3.05, 3.63) is 72.2 Å². The number of hydrogen-bond donors (Lipinski definition) is 2. The minimum absolute atomic E-state index is 0.257. The van der Waals surface area contributed by atoms with Gasteiger partial charge in [0, 0.05) is 12.4 Å². The van der Waals surface area contributed by atoms with Crippen LogP contribution in [0, 0.1) is 6.92 Å². The molecule has 0 fully saturated rings. The lowest BCUT2D eigenvalue weighted by molar-refractivity contribution is 0.242. The lowest BCUT2D eigenvalue weighted by Crippen LogP contribution is -2.43. The van der Waals surface area contributed by atoms with Gasteiger partial charge in [0.25, 0.3) is 0 Å². The fourth-order valence-electron chi connectivity index (χ4n) is 2.88. The van der Waals surface area contributed by atoms with E-state index < -0.39 is 5.54 Å². The molecule has 0 aliphatic carbocycles. The molecular formula is C21H24N4O. The summed E-state index contributed by atoms with van der Waals surface area (Å²) >= 11 is 0. The number of fused-ring (bicyclic) bond motifs is 1. The van der Waals surface area contributed by atoms with Crippen LogP contribution < -0.4 is 10.6 Å². The summed E-state index contributed by atoms with van der Waals surface area (Å²) in [5.41, 5.74) is 5.06. The molecule has 2 N–H and O–H groups in total. The maximum absolute atomic E-state index is 12.5. The smallest absolute Gasteiger partial charge is 0.319 e. The number of nitrogens with one attached hydrogen (secondary N) is 2. The summed E-state index contributed by atoms with van der Waals surface area (Å²) in [6.45, 7) is 11.9. The second-order valence-corrected chi connectivity index (χ2v) is 7.13. The normalized spacial score (nSPS) is 11.4. The van der Waals surface area contributed by atoms with Gasteiger partial charge in [-0.1, -0.05) is 30.4 Å². The van der Waals surface area contributed by atoms with Crippen LogP contribution in [0.3, 0.4) is 0 Å². The number of carbonyl (C=O) groups excluding carboxylic acids is 1. The maximum Gasteiger partial charge on any atom is 0.319 e. The van der Waals surface area contributed by atoms with Crippen LogP contribution >= 0.6 is 0 Å². The van der Waals surface area contributed by atoms with Crippen molar-refractivity contribution in [1.82, 2.24) is 14.7 Å². The van der Waals surface area contributed by atoms with E-state index in [9.17, 15) is 4.79 Å². The number of amides is 2. The number of aromatic nitrogens is 2. The van der Waals surface area contributed by atoms with Crippen LogP contribution in [0.5, 0.6) is 0 Å². The molecule has 5 nitrogen and oxygen atoms in total. The van der Waals surface area contributed by atoms with Gasteiger partial charge in [0.05, 0.1) is 16.9 Å². The van der Waals surface area contributed by atoms with Crippen LogP contribution in [0.25, 0.3) is 11.2 Å². The molecule has 3 rings (SSSR count). The van der Waals surface area contributed by atoms with E-state index in [4.69, 9.17) is 0 Å². The van der Waals surface area contributed by atoms with E-state index in [0.717, 1.165) is 28.0 Å². The van der Waals surface area contributed by atoms with Gasteiger partial charge >= 0.3 is 6.03 Å². The summed E-state index contributed by atoms with van der Waals surface area (Å²) in [6.07, 6.45) is 3.77. The number of allylic oxidation sites excluding steroid dienone is 1. The molecule has 0 radical (unpaired) electrons. The average Bonchev–Trinajstić information content (AvgIpc) is 2.93. The highest BCUT2D eigenvalue weighted by atomic mass is 16.2. The van der Waals surface area contributed by atoms with Gasteiger partial charge < -0.3 is 15.0 Å². The second-order valence-electron chi connectivity index (χ2n) is 7.13. The monoisotopic (exact) mass is 348 g/mol. The number of nitrogens with zero attached hydrogens (tertiary/aromatic N) is 2. The fourth-order valence-corrected chi connectivity index (χ4v) is 2.88. The van der Waals surface area contributed by atoms with Crippen molar-refractivity contribution in [2.75, 3.05) is 5.32 Å². The first-order valence-corrected chi connectivity index (χ1v) is 8.55. The Hall–Kier alpha value is -3.08. The van der Waals surface area contributed by atoms with Gasteiger partial charge in [-0.05, 0) is 57.0 Å². The summed E-state index contributed by atoms with van der Waals surface area (Å²) in [5.74, 6) is 0. The van der Waals surface area contributed by atoms with Crippen molar-refractivity contribution >= 4 is 22.9 Å². The Kier molecular flexibility index (Phi) is 4.55. The van der Waals surface area contributed by atoms with Crippen molar-refractivity contribution in [3.8, 4) is 0 Å². The molecule has 0 atom stereocenters. The zero-order valence-electron chi connectivity index (χ0n) is 15.6. The minimum atomic E-state index is -0.523. The van der Waals surface area contributed by atoms with Crippen LogP contribution in [0.15, 0.2) is 55.4 Å². The van der Waals surface area contributed by atoms with Crippen LogP contribution in [0.1, 0.15) is 37.6 Å². The number of carbonyl (C=O) groups is 1. The van der Waals surface area contributed by atoms with Crippen molar-refractivity contribution in [2.24, 2.45) is 0 Å². The highest BCUT2D eigenvalue weighted by Gasteiger charge is 2.23. The second kappa shape index (κ2) is 6.67. The van der Waals surface area contributed by atoms with Gasteiger partial charge in [0.15, 0.2) is 0 Å². The first-order valence-electron chi connectivity index (χ1n) is 8.55. The van der Waals surface area contributed by atoms with Gasteiger partial charge in [-0.3, -0.25) is 0 Å². The largest absolute Gasteiger partial charge is 0.329 e. The average molecular weight is 348 g/mol. The quantitative estimate of drug-likeness (QED) is 0.716. The molecular weight excluding hydrogens is 324 g/mol. The van der Waals surface area contributed by atoms with Crippen LogP contribution in [-0.2, 0) is 5.54 Å². The molecule has 0 saturated carbocycles. The summed E-state index contributed by atoms with van der Waals surface area (Å²) in [6, 6.07) is 11.5. The Morgan fingerprint density at radius 1 is 1.19 bits per heavy atom. The molecule has 0 bridgehead atoms. The summed E-state index contributed by atoms with van der Waals surface area (Å²) in [5, 5.41) is 5.93. The third kappa shape index (κ3) is 3.77. The van der Waals surface area contributed by atoms with E-state index in [0.29, 0.717) is 5.69 Å². The van der Waals surface area contributed by atoms with E-state index in [1.807, 2.05) is 74.8 Å². The number of hydrogen-bond acceptors (Lipinski definition) is 2. The first-order chi connectivity index (χ1) is 12.2. The molecule has 5 heteroatoms. The molecule has 2 heterocycles. The van der Waals surface area contributed by atoms with Crippen LogP contribution in [-0.4, -0.2) is 15.4 Å². The summed E-state index contributed by atoms with van der Waals surface area (Å²) in [4.78, 5) is 16.9. The number of pyridine rings is 1. The van der Waals surface area contributed by atoms with E-state index in [2.05, 4.69) is 28.3 Å². The Balaban J connectivity index is 1.75. The zero-order chi connectivity index (χ0) is 18.9. The highest BCUT2D eigenvalue weighted by molar-refractivity contribution is 5.89.